The average Bonchev–Trinajstić information content (AvgIpc) is 2.62. The Labute approximate surface area is 98.7 Å². The van der Waals surface area contributed by atoms with Crippen molar-refractivity contribution >= 4 is 15.8 Å². The van der Waals surface area contributed by atoms with Gasteiger partial charge < -0.3 is 4.52 Å². The predicted octanol–water partition coefficient (Wildman–Crippen LogP) is 1.49. The van der Waals surface area contributed by atoms with Crippen molar-refractivity contribution in [1.29, 1.82) is 0 Å². The highest BCUT2D eigenvalue weighted by Gasteiger charge is 2.18. The number of hydrogen-bond acceptors (Lipinski definition) is 5. The molecule has 0 aliphatic carbocycles. The van der Waals surface area contributed by atoms with Crippen LogP contribution in [-0.4, -0.2) is 18.6 Å². The van der Waals surface area contributed by atoms with Crippen molar-refractivity contribution in [1.82, 2.24) is 10.1 Å². The van der Waals surface area contributed by atoms with Crippen LogP contribution in [0.15, 0.2) is 33.9 Å². The van der Waals surface area contributed by atoms with Crippen LogP contribution in [0.2, 0.25) is 0 Å². The van der Waals surface area contributed by atoms with E-state index in [2.05, 4.69) is 14.9 Å². The quantitative estimate of drug-likeness (QED) is 0.895. The molecule has 0 unspecified atom stereocenters. The number of aromatic nitrogens is 2. The van der Waals surface area contributed by atoms with Crippen molar-refractivity contribution in [3.63, 3.8) is 0 Å². The van der Waals surface area contributed by atoms with E-state index in [1.54, 1.807) is 19.9 Å². The number of anilines is 1. The Kier molecular flexibility index (Phi) is 2.84. The van der Waals surface area contributed by atoms with Crippen molar-refractivity contribution in [2.45, 2.75) is 18.7 Å². The molecule has 0 bridgehead atoms. The Morgan fingerprint density at radius 1 is 1.35 bits per heavy atom. The number of aryl methyl sites for hydroxylation is 1. The molecule has 90 valence electrons. The zero-order chi connectivity index (χ0) is 12.5. The lowest BCUT2D eigenvalue weighted by Crippen LogP contribution is -2.14. The van der Waals surface area contributed by atoms with Crippen LogP contribution in [-0.2, 0) is 10.0 Å². The summed E-state index contributed by atoms with van der Waals surface area (Å²) in [5.74, 6) is 0.778. The van der Waals surface area contributed by atoms with Gasteiger partial charge in [-0.15, -0.1) is 0 Å². The van der Waals surface area contributed by atoms with E-state index in [1.807, 2.05) is 0 Å². The minimum atomic E-state index is -3.66. The predicted molar refractivity (Wildman–Crippen MR) is 61.0 cm³/mol. The average molecular weight is 253 g/mol. The van der Waals surface area contributed by atoms with E-state index >= 15 is 0 Å². The number of sulfonamides is 1. The Balaban J connectivity index is 2.34. The summed E-state index contributed by atoms with van der Waals surface area (Å²) in [4.78, 5) is 3.84. The molecule has 2 aromatic rings. The molecule has 0 radical (unpaired) electrons. The molecule has 0 spiro atoms. The van der Waals surface area contributed by atoms with E-state index in [1.165, 1.54) is 18.5 Å². The van der Waals surface area contributed by atoms with E-state index in [0.29, 0.717) is 11.3 Å². The Morgan fingerprint density at radius 3 is 2.65 bits per heavy atom. The molecule has 0 saturated carbocycles. The van der Waals surface area contributed by atoms with Crippen LogP contribution >= 0.6 is 0 Å². The first kappa shape index (κ1) is 11.6. The highest BCUT2D eigenvalue weighted by Crippen LogP contribution is 2.20. The Morgan fingerprint density at radius 2 is 2.12 bits per heavy atom. The largest absolute Gasteiger partial charge is 0.359 e. The molecule has 6 nitrogen and oxygen atoms in total. The summed E-state index contributed by atoms with van der Waals surface area (Å²) in [7, 11) is -3.66. The summed E-state index contributed by atoms with van der Waals surface area (Å²) in [5, 5.41) is 3.64. The van der Waals surface area contributed by atoms with Gasteiger partial charge in [0.2, 0.25) is 0 Å². The second kappa shape index (κ2) is 4.17. The Hall–Kier alpha value is -1.89. The number of pyridine rings is 1. The fourth-order valence-electron chi connectivity index (χ4n) is 1.21. The standard InChI is InChI=1S/C10H11N3O3S/c1-7-8(2)16-12-10(7)13-17(14,15)9-4-3-5-11-6-9/h3-6H,1-2H3,(H,12,13). The van der Waals surface area contributed by atoms with Crippen LogP contribution in [0.4, 0.5) is 5.82 Å². The van der Waals surface area contributed by atoms with Crippen molar-refractivity contribution in [3.05, 3.63) is 35.9 Å². The van der Waals surface area contributed by atoms with E-state index < -0.39 is 10.0 Å². The molecule has 17 heavy (non-hydrogen) atoms. The fourth-order valence-corrected chi connectivity index (χ4v) is 2.23. The first-order valence-corrected chi connectivity index (χ1v) is 6.35. The third-order valence-corrected chi connectivity index (χ3v) is 3.66. The second-order valence-corrected chi connectivity index (χ2v) is 5.19. The summed E-state index contributed by atoms with van der Waals surface area (Å²) in [5.41, 5.74) is 0.664. The van der Waals surface area contributed by atoms with Gasteiger partial charge >= 0.3 is 0 Å². The third-order valence-electron chi connectivity index (χ3n) is 2.33. The smallest absolute Gasteiger partial charge is 0.264 e. The number of nitrogens with zero attached hydrogens (tertiary/aromatic N) is 2. The summed E-state index contributed by atoms with van der Waals surface area (Å²) >= 11 is 0. The third kappa shape index (κ3) is 2.28. The van der Waals surface area contributed by atoms with Crippen molar-refractivity contribution < 1.29 is 12.9 Å². The number of rotatable bonds is 3. The van der Waals surface area contributed by atoms with Crippen LogP contribution in [0.25, 0.3) is 0 Å². The molecule has 2 rings (SSSR count). The maximum atomic E-state index is 11.9. The molecule has 2 aromatic heterocycles. The zero-order valence-electron chi connectivity index (χ0n) is 9.34. The minimum absolute atomic E-state index is 0.0834. The fraction of sp³-hybridized carbons (Fsp3) is 0.200. The number of hydrogen-bond donors (Lipinski definition) is 1. The highest BCUT2D eigenvalue weighted by atomic mass is 32.2. The van der Waals surface area contributed by atoms with Crippen molar-refractivity contribution in [3.8, 4) is 0 Å². The van der Waals surface area contributed by atoms with Gasteiger partial charge in [0.25, 0.3) is 10.0 Å². The maximum absolute atomic E-state index is 11.9. The summed E-state index contributed by atoms with van der Waals surface area (Å²) in [6.45, 7) is 3.44. The lowest BCUT2D eigenvalue weighted by Gasteiger charge is -2.04. The highest BCUT2D eigenvalue weighted by molar-refractivity contribution is 7.92. The number of nitrogens with one attached hydrogen (secondary N) is 1. The van der Waals surface area contributed by atoms with Crippen LogP contribution in [0, 0.1) is 13.8 Å². The SMILES string of the molecule is Cc1onc(NS(=O)(=O)c2cccnc2)c1C. The lowest BCUT2D eigenvalue weighted by molar-refractivity contribution is 0.399. The molecule has 2 heterocycles. The van der Waals surface area contributed by atoms with Crippen molar-refractivity contribution in [2.24, 2.45) is 0 Å². The van der Waals surface area contributed by atoms with E-state index in [4.69, 9.17) is 4.52 Å². The zero-order valence-corrected chi connectivity index (χ0v) is 10.2. The molecule has 0 atom stereocenters. The van der Waals surface area contributed by atoms with Gasteiger partial charge in [-0.1, -0.05) is 5.16 Å². The van der Waals surface area contributed by atoms with Crippen molar-refractivity contribution in [2.75, 3.05) is 4.72 Å². The van der Waals surface area contributed by atoms with Gasteiger partial charge in [-0.3, -0.25) is 9.71 Å². The van der Waals surface area contributed by atoms with Gasteiger partial charge in [-0.2, -0.15) is 0 Å². The molecule has 0 amide bonds. The molecule has 0 aliphatic rings. The minimum Gasteiger partial charge on any atom is -0.359 e. The second-order valence-electron chi connectivity index (χ2n) is 3.51. The topological polar surface area (TPSA) is 85.1 Å². The molecule has 0 saturated heterocycles. The summed E-state index contributed by atoms with van der Waals surface area (Å²) < 4.78 is 31.1. The van der Waals surface area contributed by atoms with Crippen LogP contribution in [0.3, 0.4) is 0 Å². The first-order valence-electron chi connectivity index (χ1n) is 4.86. The van der Waals surface area contributed by atoms with Gasteiger partial charge in [-0.25, -0.2) is 8.42 Å². The lowest BCUT2D eigenvalue weighted by atomic mass is 10.3. The van der Waals surface area contributed by atoms with E-state index in [0.717, 1.165) is 0 Å². The van der Waals surface area contributed by atoms with Gasteiger partial charge in [-0.05, 0) is 26.0 Å². The monoisotopic (exact) mass is 253 g/mol. The Bertz CT molecular complexity index is 620. The first-order chi connectivity index (χ1) is 8.00. The van der Waals surface area contributed by atoms with E-state index in [-0.39, 0.29) is 10.7 Å². The maximum Gasteiger partial charge on any atom is 0.264 e. The molecular weight excluding hydrogens is 242 g/mol. The molecular formula is C10H11N3O3S. The van der Waals surface area contributed by atoms with Crippen LogP contribution in [0.1, 0.15) is 11.3 Å². The molecule has 7 heteroatoms. The molecule has 0 aromatic carbocycles. The van der Waals surface area contributed by atoms with E-state index in [9.17, 15) is 8.42 Å². The van der Waals surface area contributed by atoms with Gasteiger partial charge in [0.15, 0.2) is 5.82 Å². The van der Waals surface area contributed by atoms with Crippen LogP contribution in [0.5, 0.6) is 0 Å². The summed E-state index contributed by atoms with van der Waals surface area (Å²) in [6, 6.07) is 3.01. The molecule has 0 fully saturated rings. The van der Waals surface area contributed by atoms with Gasteiger partial charge in [0, 0.05) is 18.0 Å². The normalized spacial score (nSPS) is 11.4. The van der Waals surface area contributed by atoms with Crippen LogP contribution < -0.4 is 4.72 Å². The summed E-state index contributed by atoms with van der Waals surface area (Å²) in [6.07, 6.45) is 2.77. The van der Waals surface area contributed by atoms with Gasteiger partial charge in [0.05, 0.1) is 0 Å². The molecule has 0 aliphatic heterocycles. The van der Waals surface area contributed by atoms with Gasteiger partial charge in [0.1, 0.15) is 10.7 Å². The molecule has 1 N–H and O–H groups in total.